The molecular formula is C28H37F2N3. The number of hydrogen-bond donors (Lipinski definition) is 0. The van der Waals surface area contributed by atoms with Gasteiger partial charge in [0.05, 0.1) is 0 Å². The average molecular weight is 454 g/mol. The Morgan fingerprint density at radius 1 is 1.06 bits per heavy atom. The fourth-order valence-electron chi connectivity index (χ4n) is 5.15. The number of benzene rings is 1. The number of pyridine rings is 1. The van der Waals surface area contributed by atoms with E-state index in [0.29, 0.717) is 18.0 Å². The van der Waals surface area contributed by atoms with Gasteiger partial charge in [-0.2, -0.15) is 0 Å². The summed E-state index contributed by atoms with van der Waals surface area (Å²) < 4.78 is 28.7. The van der Waals surface area contributed by atoms with Gasteiger partial charge < -0.3 is 9.80 Å². The van der Waals surface area contributed by atoms with Crippen LogP contribution in [0.25, 0.3) is 16.8 Å². The zero-order chi connectivity index (χ0) is 23.4. The van der Waals surface area contributed by atoms with Crippen LogP contribution in [0, 0.1) is 11.7 Å². The van der Waals surface area contributed by atoms with E-state index in [1.54, 1.807) is 19.9 Å². The summed E-state index contributed by atoms with van der Waals surface area (Å²) in [5, 5.41) is 0. The lowest BCUT2D eigenvalue weighted by Crippen LogP contribution is -2.41. The van der Waals surface area contributed by atoms with Crippen LogP contribution in [0.2, 0.25) is 0 Å². The Kier molecular flexibility index (Phi) is 7.48. The van der Waals surface area contributed by atoms with Crippen LogP contribution < -0.4 is 0 Å². The van der Waals surface area contributed by atoms with Gasteiger partial charge in [0.2, 0.25) is 0 Å². The summed E-state index contributed by atoms with van der Waals surface area (Å²) >= 11 is 0. The molecule has 1 aromatic carbocycles. The molecule has 5 heteroatoms. The number of hydrogen-bond acceptors (Lipinski definition) is 3. The van der Waals surface area contributed by atoms with Crippen LogP contribution >= 0.6 is 0 Å². The highest BCUT2D eigenvalue weighted by molar-refractivity contribution is 5.69. The third-order valence-corrected chi connectivity index (χ3v) is 7.04. The Morgan fingerprint density at radius 3 is 2.36 bits per heavy atom. The van der Waals surface area contributed by atoms with Crippen molar-refractivity contribution in [2.24, 2.45) is 5.92 Å². The highest BCUT2D eigenvalue weighted by Gasteiger charge is 2.25. The number of alkyl halides is 1. The first-order chi connectivity index (χ1) is 15.8. The van der Waals surface area contributed by atoms with E-state index >= 15 is 0 Å². The molecule has 178 valence electrons. The van der Waals surface area contributed by atoms with E-state index in [0.717, 1.165) is 87.2 Å². The largest absolute Gasteiger partial charge is 0.371 e. The molecule has 1 aromatic heterocycles. The van der Waals surface area contributed by atoms with Crippen LogP contribution in [-0.2, 0) is 6.42 Å². The fourth-order valence-corrected chi connectivity index (χ4v) is 5.15. The minimum Gasteiger partial charge on any atom is -0.371 e. The summed E-state index contributed by atoms with van der Waals surface area (Å²) in [6, 6.07) is 9.50. The number of aromatic nitrogens is 1. The molecular weight excluding hydrogens is 416 g/mol. The van der Waals surface area contributed by atoms with E-state index in [-0.39, 0.29) is 5.82 Å². The lowest BCUT2D eigenvalue weighted by Gasteiger charge is -2.34. The van der Waals surface area contributed by atoms with Gasteiger partial charge in [-0.3, -0.25) is 4.98 Å². The highest BCUT2D eigenvalue weighted by atomic mass is 19.1. The SMILES string of the molecule is C=C(c1ccc(-c2ccc(CCC3CCN(CC(C)(C)F)CC3)nc2)cc1F)N1CCCC1. The molecule has 0 aliphatic carbocycles. The highest BCUT2D eigenvalue weighted by Crippen LogP contribution is 2.29. The first-order valence-electron chi connectivity index (χ1n) is 12.4. The van der Waals surface area contributed by atoms with Gasteiger partial charge in [0.25, 0.3) is 0 Å². The molecule has 0 N–H and O–H groups in total. The molecule has 0 saturated carbocycles. The molecule has 3 nitrogen and oxygen atoms in total. The third-order valence-electron chi connectivity index (χ3n) is 7.04. The maximum atomic E-state index is 14.8. The first kappa shape index (κ1) is 23.9. The topological polar surface area (TPSA) is 19.4 Å². The Morgan fingerprint density at radius 2 is 1.76 bits per heavy atom. The molecule has 2 aromatic rings. The summed E-state index contributed by atoms with van der Waals surface area (Å²) in [6.45, 7) is 11.8. The van der Waals surface area contributed by atoms with Gasteiger partial charge in [-0.25, -0.2) is 8.78 Å². The van der Waals surface area contributed by atoms with Crippen molar-refractivity contribution in [1.82, 2.24) is 14.8 Å². The van der Waals surface area contributed by atoms with E-state index in [9.17, 15) is 8.78 Å². The Labute approximate surface area is 197 Å². The molecule has 0 amide bonds. The maximum Gasteiger partial charge on any atom is 0.133 e. The normalized spacial score (nSPS) is 18.1. The Balaban J connectivity index is 1.30. The van der Waals surface area contributed by atoms with Crippen molar-refractivity contribution in [3.63, 3.8) is 0 Å². The molecule has 3 heterocycles. The summed E-state index contributed by atoms with van der Waals surface area (Å²) in [6.07, 6.45) is 8.46. The molecule has 0 bridgehead atoms. The van der Waals surface area contributed by atoms with Crippen molar-refractivity contribution >= 4 is 5.70 Å². The van der Waals surface area contributed by atoms with Gasteiger partial charge in [0.15, 0.2) is 0 Å². The van der Waals surface area contributed by atoms with Crippen molar-refractivity contribution in [1.29, 1.82) is 0 Å². The quantitative estimate of drug-likeness (QED) is 0.464. The third kappa shape index (κ3) is 6.41. The standard InChI is InChI=1S/C28H37F2N3/c1-21(33-14-4-5-15-33)26-11-8-23(18-27(26)29)24-7-10-25(31-19-24)9-6-22-12-16-32(17-13-22)20-28(2,3)30/h7-8,10-11,18-19,22H,1,4-6,9,12-17,20H2,2-3H3. The van der Waals surface area contributed by atoms with Gasteiger partial charge in [-0.05, 0) is 95.1 Å². The van der Waals surface area contributed by atoms with Gasteiger partial charge in [0, 0.05) is 48.3 Å². The molecule has 4 rings (SSSR count). The number of aryl methyl sites for hydroxylation is 1. The van der Waals surface area contributed by atoms with Crippen molar-refractivity contribution in [3.8, 4) is 11.1 Å². The molecule has 2 aliphatic heterocycles. The van der Waals surface area contributed by atoms with Crippen LogP contribution in [0.4, 0.5) is 8.78 Å². The molecule has 0 unspecified atom stereocenters. The molecule has 2 aliphatic rings. The van der Waals surface area contributed by atoms with E-state index in [2.05, 4.69) is 27.4 Å². The van der Waals surface area contributed by atoms with Gasteiger partial charge in [-0.1, -0.05) is 18.7 Å². The van der Waals surface area contributed by atoms with Crippen molar-refractivity contribution in [2.75, 3.05) is 32.7 Å². The van der Waals surface area contributed by atoms with Crippen LogP contribution in [-0.4, -0.2) is 53.2 Å². The molecule has 0 radical (unpaired) electrons. The minimum absolute atomic E-state index is 0.226. The summed E-state index contributed by atoms with van der Waals surface area (Å²) in [4.78, 5) is 9.06. The molecule has 0 atom stereocenters. The fraction of sp³-hybridized carbons (Fsp3) is 0.536. The van der Waals surface area contributed by atoms with E-state index in [4.69, 9.17) is 0 Å². The Hall–Kier alpha value is -2.27. The average Bonchev–Trinajstić information content (AvgIpc) is 3.32. The smallest absolute Gasteiger partial charge is 0.133 e. The summed E-state index contributed by atoms with van der Waals surface area (Å²) in [5.41, 5.74) is 3.09. The monoisotopic (exact) mass is 453 g/mol. The van der Waals surface area contributed by atoms with E-state index in [1.165, 1.54) is 0 Å². The van der Waals surface area contributed by atoms with Crippen molar-refractivity contribution in [3.05, 3.63) is 60.2 Å². The first-order valence-corrected chi connectivity index (χ1v) is 12.4. The second-order valence-corrected chi connectivity index (χ2v) is 10.4. The lowest BCUT2D eigenvalue weighted by atomic mass is 9.91. The Bertz CT molecular complexity index is 935. The van der Waals surface area contributed by atoms with Gasteiger partial charge in [-0.15, -0.1) is 0 Å². The van der Waals surface area contributed by atoms with Gasteiger partial charge in [0.1, 0.15) is 11.5 Å². The van der Waals surface area contributed by atoms with E-state index in [1.807, 2.05) is 24.4 Å². The second-order valence-electron chi connectivity index (χ2n) is 10.4. The molecule has 2 fully saturated rings. The minimum atomic E-state index is -1.12. The lowest BCUT2D eigenvalue weighted by molar-refractivity contribution is 0.0942. The molecule has 33 heavy (non-hydrogen) atoms. The van der Waals surface area contributed by atoms with Crippen LogP contribution in [0.15, 0.2) is 43.1 Å². The van der Waals surface area contributed by atoms with Crippen molar-refractivity contribution < 1.29 is 8.78 Å². The van der Waals surface area contributed by atoms with Crippen LogP contribution in [0.3, 0.4) is 0 Å². The van der Waals surface area contributed by atoms with E-state index < -0.39 is 5.67 Å². The maximum absolute atomic E-state index is 14.8. The summed E-state index contributed by atoms with van der Waals surface area (Å²) in [5.74, 6) is 0.451. The number of nitrogens with zero attached hydrogens (tertiary/aromatic N) is 3. The number of piperidine rings is 1. The summed E-state index contributed by atoms with van der Waals surface area (Å²) in [7, 11) is 0. The number of halogens is 2. The van der Waals surface area contributed by atoms with Crippen molar-refractivity contribution in [2.45, 2.75) is 58.0 Å². The van der Waals surface area contributed by atoms with Crippen LogP contribution in [0.5, 0.6) is 0 Å². The number of likely N-dealkylation sites (tertiary alicyclic amines) is 2. The second kappa shape index (κ2) is 10.3. The zero-order valence-corrected chi connectivity index (χ0v) is 20.1. The molecule has 0 spiro atoms. The predicted octanol–water partition coefficient (Wildman–Crippen LogP) is 6.35. The van der Waals surface area contributed by atoms with Gasteiger partial charge >= 0.3 is 0 Å². The zero-order valence-electron chi connectivity index (χ0n) is 20.1. The number of rotatable bonds is 8. The van der Waals surface area contributed by atoms with Crippen LogP contribution in [0.1, 0.15) is 57.2 Å². The predicted molar refractivity (Wildman–Crippen MR) is 132 cm³/mol. The molecule has 2 saturated heterocycles.